The summed E-state index contributed by atoms with van der Waals surface area (Å²) < 4.78 is 32.0. The average Bonchev–Trinajstić information content (AvgIpc) is 2.39. The number of ketones is 1. The molecule has 0 aliphatic carbocycles. The van der Waals surface area contributed by atoms with Gasteiger partial charge in [-0.3, -0.25) is 4.79 Å². The maximum atomic E-state index is 13.4. The van der Waals surface area contributed by atoms with Gasteiger partial charge in [-0.2, -0.15) is 0 Å². The van der Waals surface area contributed by atoms with Crippen molar-refractivity contribution >= 4 is 29.0 Å². The van der Waals surface area contributed by atoms with Crippen molar-refractivity contribution in [2.45, 2.75) is 0 Å². The Labute approximate surface area is 123 Å². The number of carbonyl (C=O) groups excluding carboxylic acids is 1. The third kappa shape index (κ3) is 3.26. The summed E-state index contributed by atoms with van der Waals surface area (Å²) in [5.74, 6) is -2.52. The highest BCUT2D eigenvalue weighted by molar-refractivity contribution is 6.34. The zero-order valence-electron chi connectivity index (χ0n) is 10.00. The van der Waals surface area contributed by atoms with Crippen LogP contribution in [-0.4, -0.2) is 12.4 Å². The van der Waals surface area contributed by atoms with Gasteiger partial charge in [0.15, 0.2) is 6.61 Å². The van der Waals surface area contributed by atoms with Crippen LogP contribution in [0.2, 0.25) is 10.0 Å². The van der Waals surface area contributed by atoms with E-state index in [1.165, 1.54) is 18.2 Å². The van der Waals surface area contributed by atoms with Gasteiger partial charge in [0, 0.05) is 11.1 Å². The van der Waals surface area contributed by atoms with Crippen molar-refractivity contribution in [2.75, 3.05) is 6.61 Å². The maximum absolute atomic E-state index is 13.4. The third-order valence-electron chi connectivity index (χ3n) is 2.49. The summed E-state index contributed by atoms with van der Waals surface area (Å²) >= 11 is 11.6. The predicted molar refractivity (Wildman–Crippen MR) is 72.6 cm³/mol. The second kappa shape index (κ2) is 6.20. The van der Waals surface area contributed by atoms with E-state index in [1.807, 2.05) is 0 Å². The number of Topliss-reactive ketones (excluding diaryl/α,β-unsaturated/α-hetero) is 1. The van der Waals surface area contributed by atoms with E-state index in [2.05, 4.69) is 0 Å². The fourth-order valence-corrected chi connectivity index (χ4v) is 1.90. The first kappa shape index (κ1) is 14.8. The number of carbonyl (C=O) groups is 1. The van der Waals surface area contributed by atoms with E-state index in [4.69, 9.17) is 27.9 Å². The number of ether oxygens (including phenoxy) is 1. The monoisotopic (exact) mass is 316 g/mol. The van der Waals surface area contributed by atoms with Gasteiger partial charge in [-0.05, 0) is 24.3 Å². The molecule has 2 aromatic carbocycles. The Morgan fingerprint density at radius 2 is 1.75 bits per heavy atom. The normalized spacial score (nSPS) is 10.4. The fourth-order valence-electron chi connectivity index (χ4n) is 1.57. The number of halogens is 4. The highest BCUT2D eigenvalue weighted by Crippen LogP contribution is 2.27. The minimum atomic E-state index is -0.934. The smallest absolute Gasteiger partial charge is 0.206 e. The molecule has 0 saturated heterocycles. The van der Waals surface area contributed by atoms with Gasteiger partial charge >= 0.3 is 0 Å². The summed E-state index contributed by atoms with van der Waals surface area (Å²) in [6.45, 7) is -0.544. The number of rotatable bonds is 4. The molecule has 0 amide bonds. The molecule has 0 aliphatic heterocycles. The average molecular weight is 317 g/mol. The molecule has 2 aromatic rings. The Kier molecular flexibility index (Phi) is 4.57. The SMILES string of the molecule is O=C(COc1cc(Cl)ccc1Cl)c1c(F)cccc1F. The zero-order valence-corrected chi connectivity index (χ0v) is 11.5. The third-order valence-corrected chi connectivity index (χ3v) is 3.04. The van der Waals surface area contributed by atoms with E-state index >= 15 is 0 Å². The molecule has 0 aliphatic rings. The Bertz CT molecular complexity index is 639. The molecule has 0 fully saturated rings. The van der Waals surface area contributed by atoms with Crippen molar-refractivity contribution in [1.29, 1.82) is 0 Å². The molecule has 0 heterocycles. The van der Waals surface area contributed by atoms with Gasteiger partial charge in [-0.25, -0.2) is 8.78 Å². The summed E-state index contributed by atoms with van der Waals surface area (Å²) in [5.41, 5.74) is -0.634. The molecule has 0 bridgehead atoms. The van der Waals surface area contributed by atoms with E-state index in [0.29, 0.717) is 5.02 Å². The lowest BCUT2D eigenvalue weighted by atomic mass is 10.1. The van der Waals surface area contributed by atoms with Crippen LogP contribution < -0.4 is 4.74 Å². The molecule has 0 aromatic heterocycles. The quantitative estimate of drug-likeness (QED) is 0.774. The standard InChI is InChI=1S/C14H8Cl2F2O2/c15-8-4-5-9(16)13(6-8)20-7-12(19)14-10(17)2-1-3-11(14)18/h1-6H,7H2. The molecule has 0 spiro atoms. The lowest BCUT2D eigenvalue weighted by molar-refractivity contribution is 0.0913. The Morgan fingerprint density at radius 3 is 2.40 bits per heavy atom. The first-order valence-corrected chi connectivity index (χ1v) is 6.29. The van der Waals surface area contributed by atoms with E-state index in [0.717, 1.165) is 12.1 Å². The molecular weight excluding hydrogens is 309 g/mol. The molecule has 0 N–H and O–H groups in total. The number of benzene rings is 2. The summed E-state index contributed by atoms with van der Waals surface area (Å²) in [5, 5.41) is 0.616. The van der Waals surface area contributed by atoms with E-state index in [1.54, 1.807) is 6.07 Å². The summed E-state index contributed by atoms with van der Waals surface area (Å²) in [7, 11) is 0. The lowest BCUT2D eigenvalue weighted by Crippen LogP contribution is -2.15. The van der Waals surface area contributed by atoms with Crippen molar-refractivity contribution in [3.8, 4) is 5.75 Å². The van der Waals surface area contributed by atoms with Crippen LogP contribution in [0.4, 0.5) is 8.78 Å². The second-order valence-corrected chi connectivity index (χ2v) is 4.73. The van der Waals surface area contributed by atoms with Crippen molar-refractivity contribution < 1.29 is 18.3 Å². The van der Waals surface area contributed by atoms with Gasteiger partial charge in [-0.15, -0.1) is 0 Å². The summed E-state index contributed by atoms with van der Waals surface area (Å²) in [6.07, 6.45) is 0. The molecule has 104 valence electrons. The van der Waals surface area contributed by atoms with Crippen LogP contribution in [0.3, 0.4) is 0 Å². The Hall–Kier alpha value is -1.65. The van der Waals surface area contributed by atoms with Crippen LogP contribution in [0.1, 0.15) is 10.4 Å². The van der Waals surface area contributed by atoms with Gasteiger partial charge in [-0.1, -0.05) is 29.3 Å². The van der Waals surface area contributed by atoms with Crippen LogP contribution in [-0.2, 0) is 0 Å². The lowest BCUT2D eigenvalue weighted by Gasteiger charge is -2.08. The van der Waals surface area contributed by atoms with Gasteiger partial charge in [0.2, 0.25) is 5.78 Å². The highest BCUT2D eigenvalue weighted by Gasteiger charge is 2.18. The van der Waals surface area contributed by atoms with Crippen LogP contribution in [0.5, 0.6) is 5.75 Å². The van der Waals surface area contributed by atoms with Crippen molar-refractivity contribution in [3.05, 3.63) is 63.6 Å². The molecule has 0 saturated carbocycles. The van der Waals surface area contributed by atoms with Gasteiger partial charge in [0.25, 0.3) is 0 Å². The summed E-state index contributed by atoms with van der Waals surface area (Å²) in [6, 6.07) is 7.64. The second-order valence-electron chi connectivity index (χ2n) is 3.88. The van der Waals surface area contributed by atoms with Crippen molar-refractivity contribution in [3.63, 3.8) is 0 Å². The Morgan fingerprint density at radius 1 is 1.10 bits per heavy atom. The van der Waals surface area contributed by atoms with E-state index in [9.17, 15) is 13.6 Å². The van der Waals surface area contributed by atoms with Gasteiger partial charge in [0.1, 0.15) is 17.4 Å². The zero-order chi connectivity index (χ0) is 14.7. The van der Waals surface area contributed by atoms with Crippen LogP contribution in [0, 0.1) is 11.6 Å². The maximum Gasteiger partial charge on any atom is 0.206 e. The molecular formula is C14H8Cl2F2O2. The molecule has 6 heteroatoms. The molecule has 0 atom stereocenters. The largest absolute Gasteiger partial charge is 0.484 e. The van der Waals surface area contributed by atoms with E-state index < -0.39 is 29.6 Å². The van der Waals surface area contributed by atoms with Gasteiger partial charge in [0.05, 0.1) is 10.6 Å². The number of hydrogen-bond acceptors (Lipinski definition) is 2. The van der Waals surface area contributed by atoms with Crippen molar-refractivity contribution in [2.24, 2.45) is 0 Å². The molecule has 0 radical (unpaired) electrons. The fraction of sp³-hybridized carbons (Fsp3) is 0.0714. The van der Waals surface area contributed by atoms with Crippen LogP contribution in [0.15, 0.2) is 36.4 Å². The minimum absolute atomic E-state index is 0.171. The first-order chi connectivity index (χ1) is 9.49. The van der Waals surface area contributed by atoms with Gasteiger partial charge < -0.3 is 4.74 Å². The Balaban J connectivity index is 2.15. The van der Waals surface area contributed by atoms with Crippen LogP contribution >= 0.6 is 23.2 Å². The predicted octanol–water partition coefficient (Wildman–Crippen LogP) is 4.53. The molecule has 0 unspecified atom stereocenters. The molecule has 20 heavy (non-hydrogen) atoms. The summed E-state index contributed by atoms with van der Waals surface area (Å²) in [4.78, 5) is 11.8. The minimum Gasteiger partial charge on any atom is -0.484 e. The van der Waals surface area contributed by atoms with Crippen LogP contribution in [0.25, 0.3) is 0 Å². The molecule has 2 nitrogen and oxygen atoms in total. The highest BCUT2D eigenvalue weighted by atomic mass is 35.5. The number of hydrogen-bond donors (Lipinski definition) is 0. The van der Waals surface area contributed by atoms with E-state index in [-0.39, 0.29) is 10.8 Å². The molecule has 2 rings (SSSR count). The topological polar surface area (TPSA) is 26.3 Å². The first-order valence-electron chi connectivity index (χ1n) is 5.54. The van der Waals surface area contributed by atoms with Crippen molar-refractivity contribution in [1.82, 2.24) is 0 Å².